The number of carbonyl (C=O) groups excluding carboxylic acids is 3. The molecule has 0 aliphatic rings. The number of aryl methyl sites for hydroxylation is 2. The van der Waals surface area contributed by atoms with Gasteiger partial charge in [0.05, 0.1) is 22.2 Å². The molecule has 0 unspecified atom stereocenters. The van der Waals surface area contributed by atoms with Crippen LogP contribution in [0.2, 0.25) is 10.0 Å². The number of rotatable bonds is 7. The van der Waals surface area contributed by atoms with Crippen LogP contribution in [0.4, 0.5) is 11.4 Å². The Morgan fingerprint density at radius 1 is 0.966 bits per heavy atom. The van der Waals surface area contributed by atoms with E-state index in [0.29, 0.717) is 16.4 Å². The lowest BCUT2D eigenvalue weighted by Gasteiger charge is -2.11. The average molecular weight is 502 g/mol. The minimum Gasteiger partial charge on any atom is -0.456 e. The van der Waals surface area contributed by atoms with Gasteiger partial charge < -0.3 is 15.4 Å². The van der Waals surface area contributed by atoms with Crippen LogP contribution in [0, 0.1) is 13.8 Å². The van der Waals surface area contributed by atoms with E-state index in [-0.39, 0.29) is 17.9 Å². The van der Waals surface area contributed by atoms with E-state index >= 15 is 0 Å². The molecule has 0 saturated heterocycles. The molecule has 0 aromatic heterocycles. The van der Waals surface area contributed by atoms with Gasteiger partial charge in [-0.15, -0.1) is 0 Å². The van der Waals surface area contributed by atoms with Gasteiger partial charge in [0, 0.05) is 16.6 Å². The van der Waals surface area contributed by atoms with Crippen LogP contribution < -0.4 is 10.6 Å². The molecule has 0 aliphatic heterocycles. The van der Waals surface area contributed by atoms with E-state index in [0.717, 1.165) is 15.6 Å². The highest BCUT2D eigenvalue weighted by atomic mass is 79.9. The predicted molar refractivity (Wildman–Crippen MR) is 118 cm³/mol. The summed E-state index contributed by atoms with van der Waals surface area (Å²) < 4.78 is 5.87. The first kappa shape index (κ1) is 23.2. The Balaban J connectivity index is 1.76. The molecule has 0 bridgehead atoms. The molecule has 0 saturated carbocycles. The van der Waals surface area contributed by atoms with Crippen LogP contribution in [0.15, 0.2) is 34.8 Å². The van der Waals surface area contributed by atoms with E-state index in [4.69, 9.17) is 27.9 Å². The molecule has 2 rings (SSSR count). The summed E-state index contributed by atoms with van der Waals surface area (Å²) in [5.74, 6) is -1.54. The van der Waals surface area contributed by atoms with Crippen LogP contribution in [0.3, 0.4) is 0 Å². The van der Waals surface area contributed by atoms with Crippen molar-refractivity contribution >= 4 is 68.3 Å². The average Bonchev–Trinajstić information content (AvgIpc) is 2.66. The summed E-state index contributed by atoms with van der Waals surface area (Å²) in [5.41, 5.74) is 2.84. The summed E-state index contributed by atoms with van der Waals surface area (Å²) in [5, 5.41) is 5.81. The van der Waals surface area contributed by atoms with Crippen molar-refractivity contribution in [3.8, 4) is 0 Å². The number of hydrogen-bond donors (Lipinski definition) is 2. The van der Waals surface area contributed by atoms with Crippen LogP contribution in [-0.4, -0.2) is 24.4 Å². The van der Waals surface area contributed by atoms with E-state index in [1.54, 1.807) is 18.2 Å². The molecule has 0 radical (unpaired) electrons. The number of anilines is 2. The molecule has 0 fully saturated rings. The monoisotopic (exact) mass is 500 g/mol. The van der Waals surface area contributed by atoms with E-state index in [9.17, 15) is 14.4 Å². The summed E-state index contributed by atoms with van der Waals surface area (Å²) in [4.78, 5) is 35.8. The zero-order chi connectivity index (χ0) is 21.6. The number of ether oxygens (including phenoxy) is 1. The second kappa shape index (κ2) is 10.6. The molecule has 2 aromatic rings. The van der Waals surface area contributed by atoms with Crippen LogP contribution in [0.25, 0.3) is 0 Å². The maximum Gasteiger partial charge on any atom is 0.306 e. The number of halogens is 3. The molecule has 29 heavy (non-hydrogen) atoms. The molecule has 154 valence electrons. The van der Waals surface area contributed by atoms with Crippen LogP contribution >= 0.6 is 39.1 Å². The quantitative estimate of drug-likeness (QED) is 0.506. The first-order valence-electron chi connectivity index (χ1n) is 8.63. The van der Waals surface area contributed by atoms with Crippen molar-refractivity contribution in [3.63, 3.8) is 0 Å². The summed E-state index contributed by atoms with van der Waals surface area (Å²) >= 11 is 15.3. The van der Waals surface area contributed by atoms with Gasteiger partial charge in [-0.1, -0.05) is 45.2 Å². The highest BCUT2D eigenvalue weighted by Crippen LogP contribution is 2.29. The number of carbonyl (C=O) groups is 3. The summed E-state index contributed by atoms with van der Waals surface area (Å²) in [7, 11) is 0. The van der Waals surface area contributed by atoms with Crippen molar-refractivity contribution in [2.75, 3.05) is 17.2 Å². The lowest BCUT2D eigenvalue weighted by Crippen LogP contribution is -2.22. The van der Waals surface area contributed by atoms with Gasteiger partial charge in [0.25, 0.3) is 5.91 Å². The second-order valence-corrected chi connectivity index (χ2v) is 7.91. The summed E-state index contributed by atoms with van der Waals surface area (Å²) in [6.45, 7) is 3.33. The van der Waals surface area contributed by atoms with Gasteiger partial charge in [0.2, 0.25) is 5.91 Å². The highest BCUT2D eigenvalue weighted by Gasteiger charge is 2.13. The van der Waals surface area contributed by atoms with Gasteiger partial charge in [-0.05, 0) is 49.2 Å². The number of esters is 1. The smallest absolute Gasteiger partial charge is 0.306 e. The minimum absolute atomic E-state index is 0.117. The minimum atomic E-state index is -0.656. The standard InChI is InChI=1S/C20H19BrCl2N2O4/c1-11-9-16(12(2)8-13(11)21)25-18(27)10-29-19(28)7-6-17(26)24-15-5-3-4-14(22)20(15)23/h3-5,8-9H,6-7,10H2,1-2H3,(H,24,26)(H,25,27). The normalized spacial score (nSPS) is 10.4. The molecule has 9 heteroatoms. The maximum absolute atomic E-state index is 12.0. The molecule has 0 aliphatic carbocycles. The molecule has 0 spiro atoms. The first-order chi connectivity index (χ1) is 13.7. The van der Waals surface area contributed by atoms with Gasteiger partial charge in [0.15, 0.2) is 6.61 Å². The van der Waals surface area contributed by atoms with Gasteiger partial charge in [-0.3, -0.25) is 14.4 Å². The van der Waals surface area contributed by atoms with E-state index in [2.05, 4.69) is 26.6 Å². The maximum atomic E-state index is 12.0. The Labute approximate surface area is 187 Å². The molecular formula is C20H19BrCl2N2O4. The zero-order valence-corrected chi connectivity index (χ0v) is 18.9. The van der Waals surface area contributed by atoms with Gasteiger partial charge in [-0.2, -0.15) is 0 Å². The number of hydrogen-bond acceptors (Lipinski definition) is 4. The van der Waals surface area contributed by atoms with Crippen LogP contribution in [0.1, 0.15) is 24.0 Å². The highest BCUT2D eigenvalue weighted by molar-refractivity contribution is 9.10. The largest absolute Gasteiger partial charge is 0.456 e. The van der Waals surface area contributed by atoms with E-state index < -0.39 is 24.4 Å². The molecule has 0 heterocycles. The van der Waals surface area contributed by atoms with Crippen LogP contribution in [0.5, 0.6) is 0 Å². The summed E-state index contributed by atoms with van der Waals surface area (Å²) in [6, 6.07) is 8.55. The molecule has 6 nitrogen and oxygen atoms in total. The Hall–Kier alpha value is -2.09. The number of amides is 2. The van der Waals surface area contributed by atoms with Crippen molar-refractivity contribution < 1.29 is 19.1 Å². The third kappa shape index (κ3) is 7.03. The SMILES string of the molecule is Cc1cc(NC(=O)COC(=O)CCC(=O)Nc2cccc(Cl)c2Cl)c(C)cc1Br. The Kier molecular flexibility index (Phi) is 8.49. The summed E-state index contributed by atoms with van der Waals surface area (Å²) in [6.07, 6.45) is -0.290. The topological polar surface area (TPSA) is 84.5 Å². The van der Waals surface area contributed by atoms with Gasteiger partial charge in [0.1, 0.15) is 0 Å². The molecule has 0 atom stereocenters. The van der Waals surface area contributed by atoms with Gasteiger partial charge in [-0.25, -0.2) is 0 Å². The Morgan fingerprint density at radius 3 is 2.38 bits per heavy atom. The Bertz CT molecular complexity index is 950. The number of nitrogens with one attached hydrogen (secondary N) is 2. The fourth-order valence-electron chi connectivity index (χ4n) is 2.35. The van der Waals surface area contributed by atoms with Crippen LogP contribution in [-0.2, 0) is 19.1 Å². The van der Waals surface area contributed by atoms with Crippen molar-refractivity contribution in [2.24, 2.45) is 0 Å². The molecule has 2 N–H and O–H groups in total. The molecular weight excluding hydrogens is 483 g/mol. The Morgan fingerprint density at radius 2 is 1.66 bits per heavy atom. The third-order valence-corrected chi connectivity index (χ3v) is 5.60. The van der Waals surface area contributed by atoms with Crippen molar-refractivity contribution in [3.05, 3.63) is 56.0 Å². The van der Waals surface area contributed by atoms with E-state index in [1.165, 1.54) is 0 Å². The van der Waals surface area contributed by atoms with Crippen molar-refractivity contribution in [2.45, 2.75) is 26.7 Å². The lowest BCUT2D eigenvalue weighted by atomic mass is 10.1. The van der Waals surface area contributed by atoms with Gasteiger partial charge >= 0.3 is 5.97 Å². The van der Waals surface area contributed by atoms with E-state index in [1.807, 2.05) is 26.0 Å². The number of benzene rings is 2. The fourth-order valence-corrected chi connectivity index (χ4v) is 3.15. The van der Waals surface area contributed by atoms with Crippen molar-refractivity contribution in [1.82, 2.24) is 0 Å². The fraction of sp³-hybridized carbons (Fsp3) is 0.250. The molecule has 2 amide bonds. The third-order valence-electron chi connectivity index (χ3n) is 3.93. The zero-order valence-electron chi connectivity index (χ0n) is 15.8. The van der Waals surface area contributed by atoms with Crippen molar-refractivity contribution in [1.29, 1.82) is 0 Å². The lowest BCUT2D eigenvalue weighted by molar-refractivity contribution is -0.147. The molecule has 2 aromatic carbocycles. The predicted octanol–water partition coefficient (Wildman–Crippen LogP) is 5.27. The first-order valence-corrected chi connectivity index (χ1v) is 10.2. The second-order valence-electron chi connectivity index (χ2n) is 6.27.